The molecular formula is C33H26F2N6O2. The third-order valence-electron chi connectivity index (χ3n) is 7.58. The summed E-state index contributed by atoms with van der Waals surface area (Å²) in [5.74, 6) is -1.32. The third kappa shape index (κ3) is 5.33. The fourth-order valence-electron chi connectivity index (χ4n) is 5.15. The number of carbonyl (C=O) groups excluding carboxylic acids is 1. The highest BCUT2D eigenvalue weighted by Gasteiger charge is 2.32. The number of nitrogen functional groups attached to an aromatic ring is 1. The van der Waals surface area contributed by atoms with Gasteiger partial charge in [-0.05, 0) is 55.2 Å². The van der Waals surface area contributed by atoms with Crippen molar-refractivity contribution in [3.63, 3.8) is 0 Å². The Balaban J connectivity index is 1.33. The number of nitrogens with two attached hydrogens (primary N) is 1. The maximum Gasteiger partial charge on any atom is 0.242 e. The topological polar surface area (TPSA) is 100 Å². The second-order valence-corrected chi connectivity index (χ2v) is 10.5. The molecule has 1 fully saturated rings. The molecule has 8 nitrogen and oxygen atoms in total. The number of benzene rings is 2. The molecule has 10 heteroatoms. The largest absolute Gasteiger partial charge is 0.383 e. The molecule has 6 rings (SSSR count). The Hall–Kier alpha value is -5.43. The van der Waals surface area contributed by atoms with Crippen LogP contribution in [0.15, 0.2) is 78.1 Å². The van der Waals surface area contributed by atoms with Crippen LogP contribution in [0, 0.1) is 18.2 Å². The van der Waals surface area contributed by atoms with Crippen molar-refractivity contribution in [2.75, 3.05) is 5.73 Å². The number of Topliss-reactive ketones (excluding diaryl/α,β-unsaturated/α-hetero) is 1. The van der Waals surface area contributed by atoms with Crippen molar-refractivity contribution >= 4 is 17.4 Å². The molecule has 0 unspecified atom stereocenters. The van der Waals surface area contributed by atoms with E-state index in [9.17, 15) is 14.0 Å². The van der Waals surface area contributed by atoms with E-state index in [0.717, 1.165) is 24.0 Å². The van der Waals surface area contributed by atoms with Crippen LogP contribution < -0.4 is 11.2 Å². The first-order valence-electron chi connectivity index (χ1n) is 13.8. The van der Waals surface area contributed by atoms with E-state index in [-0.39, 0.29) is 40.8 Å². The molecule has 0 bridgehead atoms. The van der Waals surface area contributed by atoms with Gasteiger partial charge in [0.15, 0.2) is 11.2 Å². The highest BCUT2D eigenvalue weighted by atomic mass is 19.1. The van der Waals surface area contributed by atoms with Crippen LogP contribution in [0.1, 0.15) is 41.7 Å². The molecular weight excluding hydrogens is 550 g/mol. The molecule has 0 spiro atoms. The van der Waals surface area contributed by atoms with Gasteiger partial charge in [0.2, 0.25) is 5.82 Å². The molecule has 214 valence electrons. The van der Waals surface area contributed by atoms with E-state index >= 15 is 4.39 Å². The van der Waals surface area contributed by atoms with Gasteiger partial charge in [-0.2, -0.15) is 5.10 Å². The third-order valence-corrected chi connectivity index (χ3v) is 7.58. The zero-order chi connectivity index (χ0) is 30.2. The van der Waals surface area contributed by atoms with Crippen molar-refractivity contribution in [2.45, 2.75) is 38.8 Å². The van der Waals surface area contributed by atoms with Crippen molar-refractivity contribution in [1.82, 2.24) is 19.3 Å². The Bertz CT molecular complexity index is 1980. The van der Waals surface area contributed by atoms with E-state index in [1.807, 2.05) is 13.1 Å². The Morgan fingerprint density at radius 1 is 1.02 bits per heavy atom. The van der Waals surface area contributed by atoms with Gasteiger partial charge in [-0.1, -0.05) is 30.8 Å². The minimum atomic E-state index is -0.612. The summed E-state index contributed by atoms with van der Waals surface area (Å²) >= 11 is 0. The zero-order valence-electron chi connectivity index (χ0n) is 23.2. The molecule has 0 atom stereocenters. The molecule has 5 aromatic rings. The highest BCUT2D eigenvalue weighted by Crippen LogP contribution is 2.41. The highest BCUT2D eigenvalue weighted by molar-refractivity contribution is 5.99. The van der Waals surface area contributed by atoms with Gasteiger partial charge in [-0.3, -0.25) is 18.8 Å². The molecule has 2 aromatic carbocycles. The maximum absolute atomic E-state index is 15.5. The van der Waals surface area contributed by atoms with Gasteiger partial charge < -0.3 is 10.6 Å². The Morgan fingerprint density at radius 2 is 1.79 bits per heavy atom. The predicted octanol–water partition coefficient (Wildman–Crippen LogP) is 6.63. The van der Waals surface area contributed by atoms with Crippen LogP contribution in [-0.2, 0) is 13.0 Å². The second kappa shape index (κ2) is 11.1. The summed E-state index contributed by atoms with van der Waals surface area (Å²) in [5, 5.41) is 4.28. The normalized spacial score (nSPS) is 12.7. The monoisotopic (exact) mass is 576 g/mol. The molecule has 0 radical (unpaired) electrons. The smallest absolute Gasteiger partial charge is 0.242 e. The van der Waals surface area contributed by atoms with Crippen molar-refractivity contribution in [1.29, 1.82) is 0 Å². The SMILES string of the molecule is [C-]#[N+]c1c(-c2ccc(F)cc2)c(=O)c(C(=O)Cc2ccc(-c3cc(-c4cnn(CC)c4)cnc3N)c(F)c2)cn1C1CC1. The van der Waals surface area contributed by atoms with Crippen molar-refractivity contribution in [3.8, 4) is 33.4 Å². The van der Waals surface area contributed by atoms with Crippen LogP contribution in [0.25, 0.3) is 38.2 Å². The summed E-state index contributed by atoms with van der Waals surface area (Å²) in [5.41, 5.74) is 8.36. The second-order valence-electron chi connectivity index (χ2n) is 10.5. The van der Waals surface area contributed by atoms with E-state index in [1.54, 1.807) is 39.8 Å². The van der Waals surface area contributed by atoms with Gasteiger partial charge in [-0.15, -0.1) is 0 Å². The van der Waals surface area contributed by atoms with Crippen molar-refractivity contribution in [2.24, 2.45) is 0 Å². The van der Waals surface area contributed by atoms with Crippen LogP contribution in [0.3, 0.4) is 0 Å². The number of hydrogen-bond donors (Lipinski definition) is 1. The molecule has 3 heterocycles. The summed E-state index contributed by atoms with van der Waals surface area (Å²) in [6.07, 6.45) is 8.01. The lowest BCUT2D eigenvalue weighted by Crippen LogP contribution is -2.21. The summed E-state index contributed by atoms with van der Waals surface area (Å²) in [6.45, 7) is 10.4. The maximum atomic E-state index is 15.5. The van der Waals surface area contributed by atoms with Crippen LogP contribution in [-0.4, -0.2) is 25.1 Å². The van der Waals surface area contributed by atoms with Gasteiger partial charge in [0.25, 0.3) is 0 Å². The number of aryl methyl sites for hydroxylation is 1. The average Bonchev–Trinajstić information content (AvgIpc) is 3.73. The number of ketones is 1. The number of carbonyl (C=O) groups is 1. The van der Waals surface area contributed by atoms with E-state index in [1.165, 1.54) is 36.5 Å². The van der Waals surface area contributed by atoms with Gasteiger partial charge in [0, 0.05) is 47.6 Å². The number of aromatic nitrogens is 4. The zero-order valence-corrected chi connectivity index (χ0v) is 23.2. The Kier molecular flexibility index (Phi) is 7.16. The fraction of sp³-hybridized carbons (Fsp3) is 0.182. The standard InChI is InChI=1S/C33H26F2N6O2/c1-3-40-17-22(16-39-40)21-14-26(32(36)38-15-21)25-11-4-19(12-28(25)35)13-29(42)27-18-41(24-9-10-24)33(37-2)30(31(27)43)20-5-7-23(34)8-6-20/h4-8,11-12,14-18,24H,3,9-10,13H2,1H3,(H2,36,38). The number of hydrogen-bond acceptors (Lipinski definition) is 5. The molecule has 1 aliphatic rings. The molecule has 0 amide bonds. The Morgan fingerprint density at radius 3 is 2.44 bits per heavy atom. The first-order valence-corrected chi connectivity index (χ1v) is 13.8. The molecule has 1 saturated carbocycles. The lowest BCUT2D eigenvalue weighted by molar-refractivity contribution is 0.0991. The first-order chi connectivity index (χ1) is 20.8. The number of halogens is 2. The summed E-state index contributed by atoms with van der Waals surface area (Å²) in [4.78, 5) is 35.0. The van der Waals surface area contributed by atoms with E-state index in [2.05, 4.69) is 14.9 Å². The Labute approximate surface area is 245 Å². The molecule has 1 aliphatic carbocycles. The lowest BCUT2D eigenvalue weighted by Gasteiger charge is -2.14. The molecule has 3 aromatic heterocycles. The molecule has 0 aliphatic heterocycles. The fourth-order valence-corrected chi connectivity index (χ4v) is 5.15. The average molecular weight is 577 g/mol. The van der Waals surface area contributed by atoms with Gasteiger partial charge in [0.1, 0.15) is 23.0 Å². The number of anilines is 1. The van der Waals surface area contributed by atoms with Gasteiger partial charge in [0.05, 0.1) is 24.0 Å². The minimum Gasteiger partial charge on any atom is -0.383 e. The van der Waals surface area contributed by atoms with Crippen LogP contribution in [0.4, 0.5) is 20.4 Å². The predicted molar refractivity (Wildman–Crippen MR) is 160 cm³/mol. The first kappa shape index (κ1) is 27.7. The molecule has 2 N–H and O–H groups in total. The minimum absolute atomic E-state index is 0.00155. The number of nitrogens with zero attached hydrogens (tertiary/aromatic N) is 5. The molecule has 43 heavy (non-hydrogen) atoms. The van der Waals surface area contributed by atoms with Gasteiger partial charge in [-0.25, -0.2) is 13.8 Å². The van der Waals surface area contributed by atoms with Crippen LogP contribution in [0.5, 0.6) is 0 Å². The quantitative estimate of drug-likeness (QED) is 0.165. The van der Waals surface area contributed by atoms with E-state index in [0.29, 0.717) is 23.2 Å². The molecule has 0 saturated heterocycles. The van der Waals surface area contributed by atoms with Gasteiger partial charge >= 0.3 is 0 Å². The van der Waals surface area contributed by atoms with Crippen molar-refractivity contribution < 1.29 is 13.6 Å². The van der Waals surface area contributed by atoms with Crippen LogP contribution >= 0.6 is 0 Å². The van der Waals surface area contributed by atoms with E-state index in [4.69, 9.17) is 12.3 Å². The van der Waals surface area contributed by atoms with Crippen molar-refractivity contribution in [3.05, 3.63) is 118 Å². The summed E-state index contributed by atoms with van der Waals surface area (Å²) in [7, 11) is 0. The number of rotatable bonds is 8. The summed E-state index contributed by atoms with van der Waals surface area (Å²) < 4.78 is 32.5. The number of pyridine rings is 2. The van der Waals surface area contributed by atoms with Crippen LogP contribution in [0.2, 0.25) is 0 Å². The van der Waals surface area contributed by atoms with E-state index < -0.39 is 22.8 Å². The lowest BCUT2D eigenvalue weighted by atomic mass is 9.96. The summed E-state index contributed by atoms with van der Waals surface area (Å²) in [6, 6.07) is 11.4.